The van der Waals surface area contributed by atoms with Gasteiger partial charge in [0.05, 0.1) is 15.6 Å². The van der Waals surface area contributed by atoms with E-state index in [4.69, 9.17) is 39.5 Å². The fraction of sp³-hybridized carbons (Fsp3) is 0.480. The summed E-state index contributed by atoms with van der Waals surface area (Å²) in [7, 11) is 0. The fourth-order valence-corrected chi connectivity index (χ4v) is 5.62. The van der Waals surface area contributed by atoms with Gasteiger partial charge in [-0.1, -0.05) is 34.8 Å². The lowest BCUT2D eigenvalue weighted by Crippen LogP contribution is -2.55. The number of pyridine rings is 1. The lowest BCUT2D eigenvalue weighted by atomic mass is 9.96. The SMILES string of the molecule is CC(C)(Oc1ccc(Cl)cc1Cl)C(=O)N[C@H]1C[C@H]2CC[C@@H](C1)N2c1ncc(C(=O)NCC(F)(F)F)cc1Cl. The van der Waals surface area contributed by atoms with Crippen molar-refractivity contribution < 1.29 is 27.5 Å². The predicted octanol–water partition coefficient (Wildman–Crippen LogP) is 5.81. The Kier molecular flexibility index (Phi) is 8.26. The Morgan fingerprint density at radius 3 is 2.32 bits per heavy atom. The molecule has 0 spiro atoms. The second kappa shape index (κ2) is 11.0. The second-order valence-corrected chi connectivity index (χ2v) is 11.2. The maximum Gasteiger partial charge on any atom is 0.405 e. The number of rotatable bonds is 7. The van der Waals surface area contributed by atoms with Crippen LogP contribution in [-0.4, -0.2) is 53.2 Å². The van der Waals surface area contributed by atoms with E-state index in [1.807, 2.05) is 5.32 Å². The molecule has 206 valence electrons. The number of nitrogens with zero attached hydrogens (tertiary/aromatic N) is 2. The zero-order chi connectivity index (χ0) is 27.8. The van der Waals surface area contributed by atoms with Gasteiger partial charge in [-0.05, 0) is 63.8 Å². The molecule has 2 aliphatic heterocycles. The van der Waals surface area contributed by atoms with Crippen molar-refractivity contribution in [2.75, 3.05) is 11.4 Å². The Bertz CT molecular complexity index is 1210. The van der Waals surface area contributed by atoms with Crippen LogP contribution in [0.5, 0.6) is 5.75 Å². The van der Waals surface area contributed by atoms with Gasteiger partial charge in [-0.3, -0.25) is 9.59 Å². The van der Waals surface area contributed by atoms with E-state index in [-0.39, 0.29) is 34.6 Å². The molecule has 3 atom stereocenters. The number of anilines is 1. The summed E-state index contributed by atoms with van der Waals surface area (Å²) in [4.78, 5) is 31.6. The quantitative estimate of drug-likeness (QED) is 0.424. The van der Waals surface area contributed by atoms with Crippen molar-refractivity contribution in [2.24, 2.45) is 0 Å². The van der Waals surface area contributed by atoms with E-state index in [9.17, 15) is 22.8 Å². The molecule has 38 heavy (non-hydrogen) atoms. The minimum atomic E-state index is -4.52. The van der Waals surface area contributed by atoms with E-state index in [0.29, 0.717) is 34.5 Å². The number of hydrogen-bond acceptors (Lipinski definition) is 5. The molecule has 0 radical (unpaired) electrons. The summed E-state index contributed by atoms with van der Waals surface area (Å²) in [5.41, 5.74) is -1.25. The third-order valence-corrected chi connectivity index (χ3v) is 7.46. The van der Waals surface area contributed by atoms with Crippen molar-refractivity contribution in [1.82, 2.24) is 15.6 Å². The van der Waals surface area contributed by atoms with Gasteiger partial charge in [-0.15, -0.1) is 0 Å². The molecule has 1 aromatic carbocycles. The number of aromatic nitrogens is 1. The number of fused-ring (bicyclic) bond motifs is 2. The smallest absolute Gasteiger partial charge is 0.405 e. The van der Waals surface area contributed by atoms with Crippen molar-refractivity contribution in [2.45, 2.75) is 69.4 Å². The number of alkyl halides is 3. The largest absolute Gasteiger partial charge is 0.476 e. The monoisotopic (exact) mass is 592 g/mol. The van der Waals surface area contributed by atoms with Crippen molar-refractivity contribution in [1.29, 1.82) is 0 Å². The number of benzene rings is 1. The van der Waals surface area contributed by atoms with Crippen molar-refractivity contribution in [3.05, 3.63) is 51.1 Å². The molecule has 4 rings (SSSR count). The topological polar surface area (TPSA) is 83.6 Å². The minimum Gasteiger partial charge on any atom is -0.476 e. The van der Waals surface area contributed by atoms with Crippen LogP contribution in [0.25, 0.3) is 0 Å². The van der Waals surface area contributed by atoms with Gasteiger partial charge in [0.2, 0.25) is 0 Å². The molecule has 13 heteroatoms. The summed E-state index contributed by atoms with van der Waals surface area (Å²) in [6.45, 7) is 1.88. The third kappa shape index (κ3) is 6.58. The van der Waals surface area contributed by atoms with E-state index in [1.165, 1.54) is 12.3 Å². The molecule has 2 aromatic rings. The summed E-state index contributed by atoms with van der Waals surface area (Å²) in [5.74, 6) is -0.371. The normalized spacial score (nSPS) is 21.3. The molecule has 2 aliphatic rings. The van der Waals surface area contributed by atoms with Crippen LogP contribution in [-0.2, 0) is 4.79 Å². The van der Waals surface area contributed by atoms with Crippen LogP contribution < -0.4 is 20.3 Å². The van der Waals surface area contributed by atoms with Gasteiger partial charge in [0.25, 0.3) is 11.8 Å². The third-order valence-electron chi connectivity index (χ3n) is 6.65. The average molecular weight is 594 g/mol. The molecule has 2 bridgehead atoms. The first-order valence-corrected chi connectivity index (χ1v) is 13.1. The van der Waals surface area contributed by atoms with Gasteiger partial charge < -0.3 is 20.3 Å². The van der Waals surface area contributed by atoms with Crippen LogP contribution in [0.4, 0.5) is 19.0 Å². The molecule has 0 saturated carbocycles. The molecular weight excluding hydrogens is 568 g/mol. The van der Waals surface area contributed by atoms with E-state index < -0.39 is 24.2 Å². The van der Waals surface area contributed by atoms with Crippen LogP contribution in [0.15, 0.2) is 30.5 Å². The number of amides is 2. The zero-order valence-electron chi connectivity index (χ0n) is 20.5. The van der Waals surface area contributed by atoms with Gasteiger partial charge in [0.1, 0.15) is 18.1 Å². The van der Waals surface area contributed by atoms with Gasteiger partial charge in [-0.2, -0.15) is 13.2 Å². The fourth-order valence-electron chi connectivity index (χ4n) is 4.91. The van der Waals surface area contributed by atoms with Crippen LogP contribution in [0, 0.1) is 0 Å². The summed E-state index contributed by atoms with van der Waals surface area (Å²) in [6.07, 6.45) is -0.276. The maximum atomic E-state index is 13.1. The summed E-state index contributed by atoms with van der Waals surface area (Å²) >= 11 is 18.6. The number of nitrogens with one attached hydrogen (secondary N) is 2. The maximum absolute atomic E-state index is 13.1. The van der Waals surface area contributed by atoms with E-state index >= 15 is 0 Å². The standard InChI is InChI=1S/C25H26Cl3F3N4O3/c1-24(2,38-20-6-3-14(26)8-18(20)27)23(37)34-15-9-16-4-5-17(10-15)35(16)21-19(28)7-13(11-32-21)22(36)33-12-25(29,30)31/h3,6-8,11,15-17H,4-5,9-10,12H2,1-2H3,(H,33,36)(H,34,37)/t15-,16+,17-. The Morgan fingerprint density at radius 2 is 1.74 bits per heavy atom. The number of ether oxygens (including phenoxy) is 1. The van der Waals surface area contributed by atoms with Gasteiger partial charge in [0, 0.05) is 29.3 Å². The number of halogens is 6. The molecule has 7 nitrogen and oxygen atoms in total. The predicted molar refractivity (Wildman–Crippen MR) is 139 cm³/mol. The van der Waals surface area contributed by atoms with E-state index in [1.54, 1.807) is 32.0 Å². The lowest BCUT2D eigenvalue weighted by Gasteiger charge is -2.41. The Labute approximate surface area is 233 Å². The van der Waals surface area contributed by atoms with Gasteiger partial charge in [-0.25, -0.2) is 4.98 Å². The highest BCUT2D eigenvalue weighted by molar-refractivity contribution is 6.35. The van der Waals surface area contributed by atoms with Crippen LogP contribution in [0.1, 0.15) is 49.9 Å². The van der Waals surface area contributed by atoms with Crippen LogP contribution in [0.3, 0.4) is 0 Å². The number of piperidine rings is 1. The first kappa shape index (κ1) is 28.6. The molecule has 2 saturated heterocycles. The summed E-state index contributed by atoms with van der Waals surface area (Å²) in [5, 5.41) is 5.84. The highest BCUT2D eigenvalue weighted by Gasteiger charge is 2.44. The second-order valence-electron chi connectivity index (χ2n) is 9.95. The molecule has 2 amide bonds. The zero-order valence-corrected chi connectivity index (χ0v) is 22.8. The van der Waals surface area contributed by atoms with Crippen molar-refractivity contribution in [3.63, 3.8) is 0 Å². The van der Waals surface area contributed by atoms with Crippen molar-refractivity contribution in [3.8, 4) is 5.75 Å². The molecule has 1 aromatic heterocycles. The molecule has 0 aliphatic carbocycles. The Balaban J connectivity index is 1.39. The molecule has 3 heterocycles. The lowest BCUT2D eigenvalue weighted by molar-refractivity contribution is -0.135. The summed E-state index contributed by atoms with van der Waals surface area (Å²) in [6, 6.07) is 6.09. The van der Waals surface area contributed by atoms with Gasteiger partial charge >= 0.3 is 6.18 Å². The number of carbonyl (C=O) groups excluding carboxylic acids is 2. The molecule has 2 N–H and O–H groups in total. The first-order chi connectivity index (χ1) is 17.7. The van der Waals surface area contributed by atoms with Crippen molar-refractivity contribution >= 4 is 52.4 Å². The highest BCUT2D eigenvalue weighted by Crippen LogP contribution is 2.41. The first-order valence-electron chi connectivity index (χ1n) is 12.0. The minimum absolute atomic E-state index is 0.0451. The molecule has 2 fully saturated rings. The summed E-state index contributed by atoms with van der Waals surface area (Å²) < 4.78 is 43.1. The van der Waals surface area contributed by atoms with E-state index in [2.05, 4.69) is 15.2 Å². The Hall–Kier alpha value is -2.43. The average Bonchev–Trinajstić information content (AvgIpc) is 3.08. The van der Waals surface area contributed by atoms with Crippen LogP contribution in [0.2, 0.25) is 15.1 Å². The number of carbonyl (C=O) groups is 2. The highest BCUT2D eigenvalue weighted by atomic mass is 35.5. The molecular formula is C25H26Cl3F3N4O3. The molecule has 0 unspecified atom stereocenters. The number of hydrogen-bond donors (Lipinski definition) is 2. The van der Waals surface area contributed by atoms with E-state index in [0.717, 1.165) is 12.8 Å². The van der Waals surface area contributed by atoms with Gasteiger partial charge in [0.15, 0.2) is 5.60 Å². The van der Waals surface area contributed by atoms with Crippen LogP contribution >= 0.6 is 34.8 Å². The Morgan fingerprint density at radius 1 is 1.08 bits per heavy atom.